The van der Waals surface area contributed by atoms with Gasteiger partial charge in [-0.15, -0.1) is 5.10 Å². The maximum absolute atomic E-state index is 11.4. The van der Waals surface area contributed by atoms with Gasteiger partial charge in [-0.3, -0.25) is 4.79 Å². The summed E-state index contributed by atoms with van der Waals surface area (Å²) in [5.74, 6) is 2.67. The van der Waals surface area contributed by atoms with Gasteiger partial charge >= 0.3 is 0 Å². The first-order chi connectivity index (χ1) is 12.2. The maximum Gasteiger partial charge on any atom is 0.247 e. The van der Waals surface area contributed by atoms with Crippen molar-refractivity contribution >= 4 is 23.4 Å². The number of hydrogen-bond acceptors (Lipinski definition) is 8. The predicted molar refractivity (Wildman–Crippen MR) is 90.1 cm³/mol. The SMILES string of the molecule is CC(=O)N1CCN(c2nncc(Nc3ccc4c(c3)OCO4)n2)CC1. The first kappa shape index (κ1) is 15.4. The molecule has 1 aromatic heterocycles. The summed E-state index contributed by atoms with van der Waals surface area (Å²) in [5.41, 5.74) is 0.831. The zero-order valence-corrected chi connectivity index (χ0v) is 13.8. The number of nitrogens with one attached hydrogen (secondary N) is 1. The highest BCUT2D eigenvalue weighted by Crippen LogP contribution is 2.34. The largest absolute Gasteiger partial charge is 0.454 e. The van der Waals surface area contributed by atoms with E-state index >= 15 is 0 Å². The molecule has 25 heavy (non-hydrogen) atoms. The van der Waals surface area contributed by atoms with Crippen LogP contribution in [-0.2, 0) is 4.79 Å². The number of anilines is 3. The van der Waals surface area contributed by atoms with Crippen molar-refractivity contribution in [2.24, 2.45) is 0 Å². The molecule has 0 bridgehead atoms. The lowest BCUT2D eigenvalue weighted by Gasteiger charge is -2.33. The minimum atomic E-state index is 0.0944. The van der Waals surface area contributed by atoms with Crippen molar-refractivity contribution in [1.82, 2.24) is 20.1 Å². The number of aromatic nitrogens is 3. The van der Waals surface area contributed by atoms with Crippen LogP contribution in [0.25, 0.3) is 0 Å². The Morgan fingerprint density at radius 2 is 1.96 bits per heavy atom. The summed E-state index contributed by atoms with van der Waals surface area (Å²) in [4.78, 5) is 19.8. The van der Waals surface area contributed by atoms with Gasteiger partial charge in [-0.05, 0) is 12.1 Å². The number of rotatable bonds is 3. The summed E-state index contributed by atoms with van der Waals surface area (Å²) in [6.07, 6.45) is 1.57. The van der Waals surface area contributed by atoms with Crippen molar-refractivity contribution in [3.63, 3.8) is 0 Å². The van der Waals surface area contributed by atoms with Crippen LogP contribution < -0.4 is 19.7 Å². The fourth-order valence-electron chi connectivity index (χ4n) is 2.83. The summed E-state index contributed by atoms with van der Waals surface area (Å²) in [6.45, 7) is 4.54. The van der Waals surface area contributed by atoms with E-state index in [4.69, 9.17) is 9.47 Å². The average molecular weight is 342 g/mol. The number of ether oxygens (including phenoxy) is 2. The molecule has 2 aromatic rings. The Hall–Kier alpha value is -3.10. The fourth-order valence-corrected chi connectivity index (χ4v) is 2.83. The van der Waals surface area contributed by atoms with Gasteiger partial charge in [-0.2, -0.15) is 10.1 Å². The summed E-state index contributed by atoms with van der Waals surface area (Å²) < 4.78 is 10.7. The van der Waals surface area contributed by atoms with E-state index in [0.29, 0.717) is 43.7 Å². The van der Waals surface area contributed by atoms with Crippen LogP contribution in [-0.4, -0.2) is 59.0 Å². The Morgan fingerprint density at radius 3 is 2.76 bits per heavy atom. The Morgan fingerprint density at radius 1 is 1.16 bits per heavy atom. The number of hydrogen-bond donors (Lipinski definition) is 1. The zero-order valence-electron chi connectivity index (χ0n) is 13.8. The molecule has 0 aliphatic carbocycles. The average Bonchev–Trinajstić information content (AvgIpc) is 3.10. The van der Waals surface area contributed by atoms with E-state index < -0.39 is 0 Å². The van der Waals surface area contributed by atoms with Crippen molar-refractivity contribution < 1.29 is 14.3 Å². The molecule has 1 amide bonds. The number of carbonyl (C=O) groups excluding carboxylic acids is 1. The Bertz CT molecular complexity index is 791. The van der Waals surface area contributed by atoms with Crippen molar-refractivity contribution in [3.8, 4) is 11.5 Å². The van der Waals surface area contributed by atoms with Gasteiger partial charge in [-0.1, -0.05) is 0 Å². The number of piperazine rings is 1. The van der Waals surface area contributed by atoms with Crippen molar-refractivity contribution in [2.75, 3.05) is 43.2 Å². The molecule has 9 heteroatoms. The number of fused-ring (bicyclic) bond motifs is 1. The van der Waals surface area contributed by atoms with Crippen LogP contribution in [0, 0.1) is 0 Å². The molecule has 0 spiro atoms. The van der Waals surface area contributed by atoms with Crippen LogP contribution in [0.1, 0.15) is 6.92 Å². The fraction of sp³-hybridized carbons (Fsp3) is 0.375. The summed E-state index contributed by atoms with van der Waals surface area (Å²) in [6, 6.07) is 5.60. The second kappa shape index (κ2) is 6.42. The Kier molecular flexibility index (Phi) is 3.96. The van der Waals surface area contributed by atoms with E-state index in [0.717, 1.165) is 11.4 Å². The molecule has 0 unspecified atom stereocenters. The molecular formula is C16H18N6O3. The van der Waals surface area contributed by atoms with E-state index in [-0.39, 0.29) is 12.7 Å². The van der Waals surface area contributed by atoms with Gasteiger partial charge in [0.15, 0.2) is 17.3 Å². The van der Waals surface area contributed by atoms with Crippen molar-refractivity contribution in [2.45, 2.75) is 6.92 Å². The first-order valence-electron chi connectivity index (χ1n) is 8.06. The van der Waals surface area contributed by atoms with Crippen molar-refractivity contribution in [3.05, 3.63) is 24.4 Å². The molecule has 1 saturated heterocycles. The molecule has 4 rings (SSSR count). The third-order valence-corrected chi connectivity index (χ3v) is 4.20. The second-order valence-electron chi connectivity index (χ2n) is 5.83. The van der Waals surface area contributed by atoms with E-state index in [1.165, 1.54) is 0 Å². The van der Waals surface area contributed by atoms with Gasteiger partial charge < -0.3 is 24.6 Å². The molecule has 2 aliphatic rings. The van der Waals surface area contributed by atoms with Gasteiger partial charge in [0.1, 0.15) is 0 Å². The molecule has 0 saturated carbocycles. The summed E-state index contributed by atoms with van der Waals surface area (Å²) >= 11 is 0. The Labute approximate surface area is 144 Å². The summed E-state index contributed by atoms with van der Waals surface area (Å²) in [7, 11) is 0. The predicted octanol–water partition coefficient (Wildman–Crippen LogP) is 1.01. The molecule has 3 heterocycles. The molecule has 1 fully saturated rings. The summed E-state index contributed by atoms with van der Waals surface area (Å²) in [5, 5.41) is 11.3. The zero-order chi connectivity index (χ0) is 17.2. The number of amides is 1. The lowest BCUT2D eigenvalue weighted by Crippen LogP contribution is -2.48. The maximum atomic E-state index is 11.4. The van der Waals surface area contributed by atoms with Crippen LogP contribution in [0.5, 0.6) is 11.5 Å². The minimum Gasteiger partial charge on any atom is -0.454 e. The molecular weight excluding hydrogens is 324 g/mol. The highest BCUT2D eigenvalue weighted by molar-refractivity contribution is 5.73. The van der Waals surface area contributed by atoms with Crippen molar-refractivity contribution in [1.29, 1.82) is 0 Å². The number of benzene rings is 1. The Balaban J connectivity index is 1.46. The topological polar surface area (TPSA) is 92.7 Å². The first-order valence-corrected chi connectivity index (χ1v) is 8.06. The molecule has 2 aliphatic heterocycles. The number of nitrogens with zero attached hydrogens (tertiary/aromatic N) is 5. The van der Waals surface area contributed by atoms with E-state index in [9.17, 15) is 4.79 Å². The highest BCUT2D eigenvalue weighted by Gasteiger charge is 2.21. The van der Waals surface area contributed by atoms with Crippen LogP contribution in [0.15, 0.2) is 24.4 Å². The van der Waals surface area contributed by atoms with Crippen LogP contribution in [0.2, 0.25) is 0 Å². The lowest BCUT2D eigenvalue weighted by molar-refractivity contribution is -0.129. The van der Waals surface area contributed by atoms with Gasteiger partial charge in [-0.25, -0.2) is 0 Å². The molecule has 0 atom stereocenters. The van der Waals surface area contributed by atoms with E-state index in [2.05, 4.69) is 20.5 Å². The highest BCUT2D eigenvalue weighted by atomic mass is 16.7. The molecule has 1 aromatic carbocycles. The molecule has 0 radical (unpaired) electrons. The van der Waals surface area contributed by atoms with Gasteiger partial charge in [0.25, 0.3) is 0 Å². The smallest absolute Gasteiger partial charge is 0.247 e. The molecule has 9 nitrogen and oxygen atoms in total. The third kappa shape index (κ3) is 3.25. The number of carbonyl (C=O) groups is 1. The standard InChI is InChI=1S/C16H18N6O3/c1-11(23)21-4-6-22(7-5-21)16-19-15(9-17-20-16)18-12-2-3-13-14(8-12)25-10-24-13/h2-3,8-9H,4-7,10H2,1H3,(H,18,19,20). The van der Waals surface area contributed by atoms with Crippen LogP contribution in [0.4, 0.5) is 17.5 Å². The van der Waals surface area contributed by atoms with Crippen LogP contribution in [0.3, 0.4) is 0 Å². The van der Waals surface area contributed by atoms with E-state index in [1.54, 1.807) is 13.1 Å². The van der Waals surface area contributed by atoms with Gasteiger partial charge in [0.2, 0.25) is 18.6 Å². The molecule has 130 valence electrons. The minimum absolute atomic E-state index is 0.0944. The third-order valence-electron chi connectivity index (χ3n) is 4.20. The quantitative estimate of drug-likeness (QED) is 0.883. The second-order valence-corrected chi connectivity index (χ2v) is 5.83. The lowest BCUT2D eigenvalue weighted by atomic mass is 10.3. The normalized spacial score (nSPS) is 16.0. The monoisotopic (exact) mass is 342 g/mol. The van der Waals surface area contributed by atoms with E-state index in [1.807, 2.05) is 28.0 Å². The van der Waals surface area contributed by atoms with Gasteiger partial charge in [0.05, 0.1) is 6.20 Å². The molecule has 1 N–H and O–H groups in total. The van der Waals surface area contributed by atoms with Crippen LogP contribution >= 0.6 is 0 Å². The van der Waals surface area contributed by atoms with Gasteiger partial charge in [0, 0.05) is 44.9 Å².